The molecule has 0 bridgehead atoms. The molecule has 0 saturated heterocycles. The van der Waals surface area contributed by atoms with Crippen LogP contribution < -0.4 is 10.6 Å². The van der Waals surface area contributed by atoms with Gasteiger partial charge in [-0.05, 0) is 24.8 Å². The first kappa shape index (κ1) is 19.0. The van der Waals surface area contributed by atoms with Crippen LogP contribution in [0.1, 0.15) is 31.7 Å². The Labute approximate surface area is 137 Å². The lowest BCUT2D eigenvalue weighted by molar-refractivity contribution is -0.137. The maximum Gasteiger partial charge on any atom is 0.315 e. The molecule has 1 rings (SSSR count). The summed E-state index contributed by atoms with van der Waals surface area (Å²) >= 11 is 0. The summed E-state index contributed by atoms with van der Waals surface area (Å²) in [5, 5.41) is 14.5. The predicted octanol–water partition coefficient (Wildman–Crippen LogP) is 2.19. The van der Waals surface area contributed by atoms with Crippen molar-refractivity contribution in [2.24, 2.45) is 0 Å². The number of hydrogen-bond acceptors (Lipinski definition) is 3. The number of aliphatic carboxylic acids is 1. The molecule has 0 aliphatic heterocycles. The van der Waals surface area contributed by atoms with Gasteiger partial charge in [0.1, 0.15) is 0 Å². The highest BCUT2D eigenvalue weighted by molar-refractivity contribution is 5.74. The first-order valence-electron chi connectivity index (χ1n) is 7.88. The van der Waals surface area contributed by atoms with Gasteiger partial charge in [-0.3, -0.25) is 4.79 Å². The minimum absolute atomic E-state index is 0.0210. The zero-order valence-corrected chi connectivity index (χ0v) is 13.7. The summed E-state index contributed by atoms with van der Waals surface area (Å²) in [7, 11) is 1.61. The van der Waals surface area contributed by atoms with Crippen LogP contribution in [0.5, 0.6) is 0 Å². The molecular formula is C17H26N2O4. The molecule has 2 unspecified atom stereocenters. The van der Waals surface area contributed by atoms with E-state index >= 15 is 0 Å². The molecule has 6 nitrogen and oxygen atoms in total. The fourth-order valence-electron chi connectivity index (χ4n) is 2.26. The van der Waals surface area contributed by atoms with E-state index in [-0.39, 0.29) is 24.6 Å². The van der Waals surface area contributed by atoms with Crippen molar-refractivity contribution in [1.29, 1.82) is 0 Å². The van der Waals surface area contributed by atoms with Gasteiger partial charge in [-0.2, -0.15) is 0 Å². The van der Waals surface area contributed by atoms with Crippen LogP contribution in [0, 0.1) is 0 Å². The summed E-state index contributed by atoms with van der Waals surface area (Å²) < 4.78 is 5.21. The minimum Gasteiger partial charge on any atom is -0.481 e. The van der Waals surface area contributed by atoms with E-state index in [0.717, 1.165) is 12.0 Å². The number of carbonyl (C=O) groups excluding carboxylic acids is 1. The number of benzene rings is 1. The van der Waals surface area contributed by atoms with E-state index in [1.165, 1.54) is 0 Å². The molecule has 0 aliphatic rings. The van der Waals surface area contributed by atoms with E-state index in [0.29, 0.717) is 19.4 Å². The number of methoxy groups -OCH3 is 1. The molecule has 6 heteroatoms. The molecule has 3 N–H and O–H groups in total. The number of hydrogen-bond donors (Lipinski definition) is 3. The van der Waals surface area contributed by atoms with Gasteiger partial charge < -0.3 is 20.5 Å². The summed E-state index contributed by atoms with van der Waals surface area (Å²) in [6, 6.07) is 9.17. The van der Waals surface area contributed by atoms with Crippen molar-refractivity contribution < 1.29 is 19.4 Å². The Morgan fingerprint density at radius 1 is 1.26 bits per heavy atom. The summed E-state index contributed by atoms with van der Waals surface area (Å²) in [6.07, 6.45) is 1.80. The van der Waals surface area contributed by atoms with Crippen LogP contribution in [0.4, 0.5) is 4.79 Å². The molecule has 2 amide bonds. The largest absolute Gasteiger partial charge is 0.481 e. The molecule has 0 aliphatic carbocycles. The fraction of sp³-hybridized carbons (Fsp3) is 0.529. The van der Waals surface area contributed by atoms with E-state index < -0.39 is 5.97 Å². The Bertz CT molecular complexity index is 475. The van der Waals surface area contributed by atoms with Gasteiger partial charge in [-0.1, -0.05) is 37.3 Å². The highest BCUT2D eigenvalue weighted by Gasteiger charge is 2.15. The van der Waals surface area contributed by atoms with Crippen LogP contribution in [0.3, 0.4) is 0 Å². The first-order chi connectivity index (χ1) is 11.0. The molecule has 0 heterocycles. The molecule has 0 radical (unpaired) electrons. The molecule has 2 atom stereocenters. The summed E-state index contributed by atoms with van der Waals surface area (Å²) in [5.41, 5.74) is 1.06. The lowest BCUT2D eigenvalue weighted by Gasteiger charge is -2.20. The molecule has 0 fully saturated rings. The monoisotopic (exact) mass is 322 g/mol. The maximum atomic E-state index is 12.0. The van der Waals surface area contributed by atoms with Crippen molar-refractivity contribution in [3.63, 3.8) is 0 Å². The quantitative estimate of drug-likeness (QED) is 0.616. The normalized spacial score (nSPS) is 13.1. The van der Waals surface area contributed by atoms with Gasteiger partial charge in [0.2, 0.25) is 0 Å². The standard InChI is InChI=1S/C17H26N2O4/c1-3-15(23-2)12-18-17(22)19-14(9-10-16(20)21)11-13-7-5-4-6-8-13/h4-8,14-15H,3,9-12H2,1-2H3,(H,20,21)(H2,18,19,22). The van der Waals surface area contributed by atoms with Crippen molar-refractivity contribution in [2.45, 2.75) is 44.8 Å². The van der Waals surface area contributed by atoms with E-state index in [4.69, 9.17) is 9.84 Å². The Morgan fingerprint density at radius 3 is 2.52 bits per heavy atom. The molecule has 0 saturated carbocycles. The minimum atomic E-state index is -0.865. The van der Waals surface area contributed by atoms with Gasteiger partial charge in [0.25, 0.3) is 0 Å². The summed E-state index contributed by atoms with van der Waals surface area (Å²) in [5.74, 6) is -0.865. The van der Waals surface area contributed by atoms with Crippen molar-refractivity contribution in [2.75, 3.05) is 13.7 Å². The maximum absolute atomic E-state index is 12.0. The van der Waals surface area contributed by atoms with Gasteiger partial charge in [0.15, 0.2) is 0 Å². The molecule has 1 aromatic rings. The SMILES string of the molecule is CCC(CNC(=O)NC(CCC(=O)O)Cc1ccccc1)OC. The smallest absolute Gasteiger partial charge is 0.315 e. The van der Waals surface area contributed by atoms with E-state index in [9.17, 15) is 9.59 Å². The molecular weight excluding hydrogens is 296 g/mol. The second-order valence-electron chi connectivity index (χ2n) is 5.44. The molecule has 0 aromatic heterocycles. The fourth-order valence-corrected chi connectivity index (χ4v) is 2.26. The Kier molecular flexibility index (Phi) is 8.75. The van der Waals surface area contributed by atoms with Crippen LogP contribution in [-0.4, -0.2) is 42.9 Å². The zero-order chi connectivity index (χ0) is 17.1. The summed E-state index contributed by atoms with van der Waals surface area (Å²) in [6.45, 7) is 2.41. The van der Waals surface area contributed by atoms with Crippen molar-refractivity contribution in [3.8, 4) is 0 Å². The van der Waals surface area contributed by atoms with Crippen molar-refractivity contribution in [3.05, 3.63) is 35.9 Å². The number of amides is 2. The summed E-state index contributed by atoms with van der Waals surface area (Å²) in [4.78, 5) is 22.8. The van der Waals surface area contributed by atoms with E-state index in [1.54, 1.807) is 7.11 Å². The van der Waals surface area contributed by atoms with Gasteiger partial charge in [0, 0.05) is 26.1 Å². The van der Waals surface area contributed by atoms with E-state index in [1.807, 2.05) is 37.3 Å². The molecule has 23 heavy (non-hydrogen) atoms. The highest BCUT2D eigenvalue weighted by atomic mass is 16.5. The number of nitrogens with one attached hydrogen (secondary N) is 2. The number of ether oxygens (including phenoxy) is 1. The number of carbonyl (C=O) groups is 2. The van der Waals surface area contributed by atoms with E-state index in [2.05, 4.69) is 10.6 Å². The van der Waals surface area contributed by atoms with Crippen molar-refractivity contribution in [1.82, 2.24) is 10.6 Å². The van der Waals surface area contributed by atoms with Crippen LogP contribution in [0.15, 0.2) is 30.3 Å². The number of carboxylic acid groups (broad SMARTS) is 1. The number of rotatable bonds is 10. The molecule has 0 spiro atoms. The molecule has 128 valence electrons. The van der Waals surface area contributed by atoms with Crippen LogP contribution in [-0.2, 0) is 16.0 Å². The lowest BCUT2D eigenvalue weighted by Crippen LogP contribution is -2.45. The molecule has 1 aromatic carbocycles. The highest BCUT2D eigenvalue weighted by Crippen LogP contribution is 2.08. The van der Waals surface area contributed by atoms with Crippen LogP contribution in [0.25, 0.3) is 0 Å². The van der Waals surface area contributed by atoms with Crippen LogP contribution in [0.2, 0.25) is 0 Å². The average molecular weight is 322 g/mol. The lowest BCUT2D eigenvalue weighted by atomic mass is 10.0. The van der Waals surface area contributed by atoms with Gasteiger partial charge in [0.05, 0.1) is 6.10 Å². The predicted molar refractivity (Wildman–Crippen MR) is 88.4 cm³/mol. The first-order valence-corrected chi connectivity index (χ1v) is 7.88. The Morgan fingerprint density at radius 2 is 1.96 bits per heavy atom. The third-order valence-corrected chi connectivity index (χ3v) is 3.65. The topological polar surface area (TPSA) is 87.7 Å². The Balaban J connectivity index is 2.54. The third kappa shape index (κ3) is 8.21. The second-order valence-corrected chi connectivity index (χ2v) is 5.44. The zero-order valence-electron chi connectivity index (χ0n) is 13.7. The third-order valence-electron chi connectivity index (χ3n) is 3.65. The van der Waals surface area contributed by atoms with Gasteiger partial charge >= 0.3 is 12.0 Å². The van der Waals surface area contributed by atoms with Crippen molar-refractivity contribution >= 4 is 12.0 Å². The average Bonchev–Trinajstić information content (AvgIpc) is 2.54. The van der Waals surface area contributed by atoms with Gasteiger partial charge in [-0.15, -0.1) is 0 Å². The Hall–Kier alpha value is -2.08. The number of carboxylic acids is 1. The van der Waals surface area contributed by atoms with Gasteiger partial charge in [-0.25, -0.2) is 4.79 Å². The second kappa shape index (κ2) is 10.6. The number of urea groups is 1. The van der Waals surface area contributed by atoms with Crippen LogP contribution >= 0.6 is 0 Å².